The van der Waals surface area contributed by atoms with Crippen LogP contribution in [0.1, 0.15) is 0 Å². The molecule has 80 valence electrons. The first-order valence-electron chi connectivity index (χ1n) is 2.95. The molecule has 0 heterocycles. The molecule has 5 N–H and O–H groups in total. The maximum Gasteiger partial charge on any atom is 0.334 e. The second-order valence-corrected chi connectivity index (χ2v) is 3.59. The van der Waals surface area contributed by atoms with Crippen LogP contribution in [0.3, 0.4) is 0 Å². The van der Waals surface area contributed by atoms with Crippen LogP contribution < -0.4 is 11.1 Å². The van der Waals surface area contributed by atoms with Gasteiger partial charge in [-0.15, -0.1) is 0 Å². The minimum atomic E-state index is -5.13. The van der Waals surface area contributed by atoms with Gasteiger partial charge in [0.2, 0.25) is 0 Å². The molecule has 0 aliphatic heterocycles. The quantitative estimate of drug-likeness (QED) is 0.305. The molecular weight excluding hydrogens is 220 g/mol. The van der Waals surface area contributed by atoms with Gasteiger partial charge in [0.1, 0.15) is 0 Å². The third kappa shape index (κ3) is 3.37. The van der Waals surface area contributed by atoms with Gasteiger partial charge in [-0.25, -0.2) is 4.79 Å². The molecule has 0 aliphatic rings. The third-order valence-electron chi connectivity index (χ3n) is 1.01. The van der Waals surface area contributed by atoms with Gasteiger partial charge in [-0.1, -0.05) is 0 Å². The molecular formula is C4H6N2O7S. The first kappa shape index (κ1) is 12.3. The SMILES string of the molecule is NC(=O)NC(=O)C(C(=O)O)S(=O)(=O)O. The van der Waals surface area contributed by atoms with Crippen LogP contribution in [0.4, 0.5) is 4.79 Å². The molecule has 1 unspecified atom stereocenters. The summed E-state index contributed by atoms with van der Waals surface area (Å²) in [6, 6.07) is -1.43. The van der Waals surface area contributed by atoms with Crippen LogP contribution in [-0.4, -0.2) is 41.2 Å². The molecule has 0 aromatic heterocycles. The zero-order valence-electron chi connectivity index (χ0n) is 6.50. The number of rotatable bonds is 3. The number of nitrogens with two attached hydrogens (primary N) is 1. The largest absolute Gasteiger partial charge is 0.480 e. The maximum absolute atomic E-state index is 10.7. The van der Waals surface area contributed by atoms with Crippen LogP contribution in [-0.2, 0) is 19.7 Å². The zero-order chi connectivity index (χ0) is 11.5. The minimum absolute atomic E-state index is 1.21. The van der Waals surface area contributed by atoms with Crippen molar-refractivity contribution in [3.05, 3.63) is 0 Å². The normalized spacial score (nSPS) is 12.9. The number of carbonyl (C=O) groups is 3. The monoisotopic (exact) mass is 226 g/mol. The highest BCUT2D eigenvalue weighted by molar-refractivity contribution is 7.88. The van der Waals surface area contributed by atoms with E-state index in [0.717, 1.165) is 0 Å². The van der Waals surface area contributed by atoms with Crippen LogP contribution in [0.2, 0.25) is 0 Å². The number of carbonyl (C=O) groups excluding carboxylic acids is 2. The standard InChI is InChI=1S/C4H6N2O7S/c5-4(10)6-2(7)1(3(8)9)14(11,12)13/h1H,(H,8,9)(H,11,12,13)(H3,5,6,7,10). The fourth-order valence-corrected chi connectivity index (χ4v) is 1.15. The Balaban J connectivity index is 4.97. The Morgan fingerprint density at radius 3 is 1.93 bits per heavy atom. The highest BCUT2D eigenvalue weighted by atomic mass is 32.2. The first-order valence-corrected chi connectivity index (χ1v) is 4.46. The fraction of sp³-hybridized carbons (Fsp3) is 0.250. The number of carboxylic acid groups (broad SMARTS) is 1. The average molecular weight is 226 g/mol. The molecule has 0 aliphatic carbocycles. The molecule has 0 aromatic rings. The van der Waals surface area contributed by atoms with E-state index in [-0.39, 0.29) is 0 Å². The van der Waals surface area contributed by atoms with E-state index in [1.165, 1.54) is 5.32 Å². The van der Waals surface area contributed by atoms with Crippen LogP contribution >= 0.6 is 0 Å². The molecule has 0 saturated carbocycles. The second-order valence-electron chi connectivity index (χ2n) is 2.09. The Morgan fingerprint density at radius 1 is 1.29 bits per heavy atom. The van der Waals surface area contributed by atoms with E-state index in [1.807, 2.05) is 0 Å². The number of hydrogen-bond acceptors (Lipinski definition) is 5. The fourth-order valence-electron chi connectivity index (χ4n) is 0.562. The van der Waals surface area contributed by atoms with Crippen molar-refractivity contribution in [3.8, 4) is 0 Å². The van der Waals surface area contributed by atoms with Gasteiger partial charge in [-0.05, 0) is 0 Å². The molecule has 10 heteroatoms. The molecule has 14 heavy (non-hydrogen) atoms. The average Bonchev–Trinajstić information content (AvgIpc) is 1.78. The van der Waals surface area contributed by atoms with E-state index in [9.17, 15) is 22.8 Å². The summed E-state index contributed by atoms with van der Waals surface area (Å²) < 4.78 is 29.0. The first-order chi connectivity index (χ1) is 6.16. The topological polar surface area (TPSA) is 164 Å². The second kappa shape index (κ2) is 4.02. The third-order valence-corrected chi connectivity index (χ3v) is 2.02. The lowest BCUT2D eigenvalue weighted by Crippen LogP contribution is -2.48. The Bertz CT molecular complexity index is 371. The summed E-state index contributed by atoms with van der Waals surface area (Å²) in [7, 11) is -5.13. The summed E-state index contributed by atoms with van der Waals surface area (Å²) in [5.74, 6) is -3.85. The summed E-state index contributed by atoms with van der Waals surface area (Å²) in [6.07, 6.45) is 0. The lowest BCUT2D eigenvalue weighted by molar-refractivity contribution is -0.139. The van der Waals surface area contributed by atoms with Gasteiger partial charge in [0, 0.05) is 0 Å². The van der Waals surface area contributed by atoms with E-state index in [0.29, 0.717) is 0 Å². The van der Waals surface area contributed by atoms with Crippen molar-refractivity contribution >= 4 is 28.0 Å². The minimum Gasteiger partial charge on any atom is -0.480 e. The van der Waals surface area contributed by atoms with Gasteiger partial charge in [0.25, 0.3) is 21.3 Å². The zero-order valence-corrected chi connectivity index (χ0v) is 7.32. The van der Waals surface area contributed by atoms with Crippen molar-refractivity contribution in [1.82, 2.24) is 5.32 Å². The van der Waals surface area contributed by atoms with E-state index in [4.69, 9.17) is 9.66 Å². The highest BCUT2D eigenvalue weighted by Crippen LogP contribution is 1.99. The molecule has 9 nitrogen and oxygen atoms in total. The van der Waals surface area contributed by atoms with Crippen molar-refractivity contribution in [3.63, 3.8) is 0 Å². The molecule has 0 rings (SSSR count). The molecule has 0 aromatic carbocycles. The lowest BCUT2D eigenvalue weighted by atomic mass is 10.4. The van der Waals surface area contributed by atoms with E-state index in [1.54, 1.807) is 0 Å². The Labute approximate surface area is 77.6 Å². The molecule has 0 spiro atoms. The van der Waals surface area contributed by atoms with Gasteiger partial charge in [0.05, 0.1) is 0 Å². The van der Waals surface area contributed by atoms with Crippen LogP contribution in [0.25, 0.3) is 0 Å². The molecule has 0 saturated heterocycles. The van der Waals surface area contributed by atoms with Crippen molar-refractivity contribution < 1.29 is 32.5 Å². The Hall–Kier alpha value is -1.68. The molecule has 0 fully saturated rings. The maximum atomic E-state index is 10.7. The summed E-state index contributed by atoms with van der Waals surface area (Å²) in [4.78, 5) is 31.0. The predicted molar refractivity (Wildman–Crippen MR) is 40.7 cm³/mol. The molecule has 1 atom stereocenters. The van der Waals surface area contributed by atoms with Crippen LogP contribution in [0.5, 0.6) is 0 Å². The number of imide groups is 1. The van der Waals surface area contributed by atoms with Gasteiger partial charge >= 0.3 is 12.0 Å². The van der Waals surface area contributed by atoms with Crippen LogP contribution in [0.15, 0.2) is 0 Å². The number of aliphatic carboxylic acids is 1. The van der Waals surface area contributed by atoms with Crippen molar-refractivity contribution in [2.45, 2.75) is 5.25 Å². The number of hydrogen-bond donors (Lipinski definition) is 4. The molecule has 3 amide bonds. The number of carboxylic acids is 1. The van der Waals surface area contributed by atoms with Gasteiger partial charge in [-0.3, -0.25) is 19.5 Å². The van der Waals surface area contributed by atoms with Crippen molar-refractivity contribution in [1.29, 1.82) is 0 Å². The summed E-state index contributed by atoms with van der Waals surface area (Å²) >= 11 is 0. The lowest BCUT2D eigenvalue weighted by Gasteiger charge is -2.06. The number of urea groups is 1. The number of nitrogens with one attached hydrogen (secondary N) is 1. The van der Waals surface area contributed by atoms with E-state index < -0.39 is 33.3 Å². The molecule has 0 radical (unpaired) electrons. The number of amides is 3. The molecule has 0 bridgehead atoms. The summed E-state index contributed by atoms with van der Waals surface area (Å²) in [6.45, 7) is 0. The van der Waals surface area contributed by atoms with Gasteiger partial charge in [0.15, 0.2) is 0 Å². The van der Waals surface area contributed by atoms with Crippen molar-refractivity contribution in [2.24, 2.45) is 5.73 Å². The summed E-state index contributed by atoms with van der Waals surface area (Å²) in [5, 5.41) is 6.68. The smallest absolute Gasteiger partial charge is 0.334 e. The van der Waals surface area contributed by atoms with Gasteiger partial charge in [-0.2, -0.15) is 8.42 Å². The Kier molecular flexibility index (Phi) is 3.54. The predicted octanol–water partition coefficient (Wildman–Crippen LogP) is -2.48. The van der Waals surface area contributed by atoms with Crippen LogP contribution in [0, 0.1) is 0 Å². The Morgan fingerprint density at radius 2 is 1.71 bits per heavy atom. The summed E-state index contributed by atoms with van der Waals surface area (Å²) in [5.41, 5.74) is 4.43. The van der Waals surface area contributed by atoms with E-state index in [2.05, 4.69) is 5.73 Å². The van der Waals surface area contributed by atoms with Gasteiger partial charge < -0.3 is 10.8 Å². The highest BCUT2D eigenvalue weighted by Gasteiger charge is 2.38. The van der Waals surface area contributed by atoms with Crippen molar-refractivity contribution in [2.75, 3.05) is 0 Å². The number of primary amides is 1. The van der Waals surface area contributed by atoms with E-state index >= 15 is 0 Å².